The monoisotopic (exact) mass is 220 g/mol. The first-order chi connectivity index (χ1) is 5.20. The van der Waals surface area contributed by atoms with Crippen LogP contribution in [0, 0.1) is 5.92 Å². The average molecular weight is 221 g/mol. The first-order valence-corrected chi connectivity index (χ1v) is 5.76. The highest BCUT2D eigenvalue weighted by molar-refractivity contribution is 9.09. The van der Waals surface area contributed by atoms with Crippen LogP contribution in [0.3, 0.4) is 0 Å². The SMILES string of the molecule is CCCC(C)CCC(Br)CC. The summed E-state index contributed by atoms with van der Waals surface area (Å²) in [5.41, 5.74) is 0. The summed E-state index contributed by atoms with van der Waals surface area (Å²) in [6, 6.07) is 0. The molecule has 2 unspecified atom stereocenters. The normalized spacial score (nSPS) is 16.4. The smallest absolute Gasteiger partial charge is 0.0143 e. The highest BCUT2D eigenvalue weighted by Crippen LogP contribution is 2.18. The van der Waals surface area contributed by atoms with E-state index in [2.05, 4.69) is 36.7 Å². The highest BCUT2D eigenvalue weighted by Gasteiger charge is 2.04. The lowest BCUT2D eigenvalue weighted by atomic mass is 9.99. The average Bonchev–Trinajstić information content (AvgIpc) is 2.01. The molecule has 0 saturated heterocycles. The molecule has 0 heterocycles. The van der Waals surface area contributed by atoms with E-state index in [4.69, 9.17) is 0 Å². The summed E-state index contributed by atoms with van der Waals surface area (Å²) in [5, 5.41) is 0. The minimum atomic E-state index is 0.752. The fourth-order valence-corrected chi connectivity index (χ4v) is 1.57. The number of halogens is 1. The van der Waals surface area contributed by atoms with Crippen molar-refractivity contribution in [3.05, 3.63) is 0 Å². The third kappa shape index (κ3) is 6.86. The largest absolute Gasteiger partial charge is 0.0891 e. The molecule has 0 aliphatic heterocycles. The molecule has 11 heavy (non-hydrogen) atoms. The Labute approximate surface area is 79.9 Å². The summed E-state index contributed by atoms with van der Waals surface area (Å²) in [6.07, 6.45) is 6.72. The molecule has 0 nitrogen and oxygen atoms in total. The van der Waals surface area contributed by atoms with E-state index in [-0.39, 0.29) is 0 Å². The molecule has 0 aliphatic rings. The molecular formula is C10H21Br. The molecule has 0 aromatic heterocycles. The van der Waals surface area contributed by atoms with E-state index in [1.807, 2.05) is 0 Å². The van der Waals surface area contributed by atoms with Gasteiger partial charge in [0, 0.05) is 4.83 Å². The van der Waals surface area contributed by atoms with E-state index in [1.165, 1.54) is 32.1 Å². The Bertz CT molecular complexity index is 80.9. The molecule has 0 N–H and O–H groups in total. The van der Waals surface area contributed by atoms with Crippen molar-refractivity contribution in [1.82, 2.24) is 0 Å². The van der Waals surface area contributed by atoms with Crippen LogP contribution in [0.25, 0.3) is 0 Å². The molecule has 0 fully saturated rings. The van der Waals surface area contributed by atoms with Gasteiger partial charge in [-0.15, -0.1) is 0 Å². The Morgan fingerprint density at radius 3 is 2.18 bits per heavy atom. The Balaban J connectivity index is 3.22. The Kier molecular flexibility index (Phi) is 7.46. The van der Waals surface area contributed by atoms with Gasteiger partial charge in [0.05, 0.1) is 0 Å². The number of rotatable bonds is 6. The lowest BCUT2D eigenvalue weighted by Crippen LogP contribution is -2.00. The van der Waals surface area contributed by atoms with Gasteiger partial charge >= 0.3 is 0 Å². The van der Waals surface area contributed by atoms with E-state index in [0.29, 0.717) is 0 Å². The molecule has 0 amide bonds. The first kappa shape index (κ1) is 11.5. The summed E-state index contributed by atoms with van der Waals surface area (Å²) in [4.78, 5) is 0.752. The highest BCUT2D eigenvalue weighted by atomic mass is 79.9. The zero-order valence-corrected chi connectivity index (χ0v) is 9.65. The molecule has 1 heteroatoms. The number of hydrogen-bond acceptors (Lipinski definition) is 0. The molecule has 0 rings (SSSR count). The maximum atomic E-state index is 3.66. The minimum Gasteiger partial charge on any atom is -0.0891 e. The Morgan fingerprint density at radius 1 is 1.09 bits per heavy atom. The van der Waals surface area contributed by atoms with Gasteiger partial charge in [-0.05, 0) is 25.2 Å². The van der Waals surface area contributed by atoms with Gasteiger partial charge in [-0.25, -0.2) is 0 Å². The van der Waals surface area contributed by atoms with Crippen LogP contribution in [0.15, 0.2) is 0 Å². The second kappa shape index (κ2) is 7.15. The van der Waals surface area contributed by atoms with Gasteiger partial charge in [0.2, 0.25) is 0 Å². The zero-order valence-electron chi connectivity index (χ0n) is 8.07. The van der Waals surface area contributed by atoms with Crippen molar-refractivity contribution in [2.24, 2.45) is 5.92 Å². The van der Waals surface area contributed by atoms with Gasteiger partial charge in [-0.2, -0.15) is 0 Å². The molecule has 0 aromatic rings. The lowest BCUT2D eigenvalue weighted by molar-refractivity contribution is 0.464. The van der Waals surface area contributed by atoms with Crippen LogP contribution in [0.2, 0.25) is 0 Å². The second-order valence-corrected chi connectivity index (χ2v) is 4.77. The van der Waals surface area contributed by atoms with Gasteiger partial charge in [-0.3, -0.25) is 0 Å². The topological polar surface area (TPSA) is 0 Å². The van der Waals surface area contributed by atoms with E-state index >= 15 is 0 Å². The lowest BCUT2D eigenvalue weighted by Gasteiger charge is -2.11. The summed E-state index contributed by atoms with van der Waals surface area (Å²) < 4.78 is 0. The second-order valence-electron chi connectivity index (χ2n) is 3.48. The van der Waals surface area contributed by atoms with Crippen molar-refractivity contribution in [1.29, 1.82) is 0 Å². The number of hydrogen-bond donors (Lipinski definition) is 0. The third-order valence-electron chi connectivity index (χ3n) is 2.20. The van der Waals surface area contributed by atoms with Crippen LogP contribution in [-0.2, 0) is 0 Å². The van der Waals surface area contributed by atoms with Gasteiger partial charge in [-0.1, -0.05) is 49.5 Å². The van der Waals surface area contributed by atoms with Crippen molar-refractivity contribution < 1.29 is 0 Å². The summed E-state index contributed by atoms with van der Waals surface area (Å²) in [7, 11) is 0. The predicted octanol–water partition coefficient (Wildman–Crippen LogP) is 4.38. The summed E-state index contributed by atoms with van der Waals surface area (Å²) in [5.74, 6) is 0.923. The minimum absolute atomic E-state index is 0.752. The molecule has 0 saturated carbocycles. The fraction of sp³-hybridized carbons (Fsp3) is 1.00. The van der Waals surface area contributed by atoms with Crippen LogP contribution in [0.5, 0.6) is 0 Å². The van der Waals surface area contributed by atoms with Crippen molar-refractivity contribution in [2.75, 3.05) is 0 Å². The van der Waals surface area contributed by atoms with Crippen molar-refractivity contribution in [3.8, 4) is 0 Å². The quantitative estimate of drug-likeness (QED) is 0.584. The maximum absolute atomic E-state index is 3.66. The Morgan fingerprint density at radius 2 is 1.73 bits per heavy atom. The molecule has 68 valence electrons. The van der Waals surface area contributed by atoms with Crippen LogP contribution < -0.4 is 0 Å². The van der Waals surface area contributed by atoms with E-state index in [1.54, 1.807) is 0 Å². The molecule has 0 aliphatic carbocycles. The van der Waals surface area contributed by atoms with Crippen LogP contribution in [-0.4, -0.2) is 4.83 Å². The van der Waals surface area contributed by atoms with Gasteiger partial charge in [0.25, 0.3) is 0 Å². The van der Waals surface area contributed by atoms with Crippen LogP contribution >= 0.6 is 15.9 Å². The Hall–Kier alpha value is 0.480. The first-order valence-electron chi connectivity index (χ1n) is 4.84. The third-order valence-corrected chi connectivity index (χ3v) is 3.30. The van der Waals surface area contributed by atoms with E-state index in [0.717, 1.165) is 10.7 Å². The molecule has 2 atom stereocenters. The van der Waals surface area contributed by atoms with Gasteiger partial charge in [0.15, 0.2) is 0 Å². The van der Waals surface area contributed by atoms with E-state index < -0.39 is 0 Å². The molecule has 0 radical (unpaired) electrons. The molecular weight excluding hydrogens is 200 g/mol. The zero-order chi connectivity index (χ0) is 8.69. The van der Waals surface area contributed by atoms with Crippen molar-refractivity contribution in [3.63, 3.8) is 0 Å². The molecule has 0 spiro atoms. The van der Waals surface area contributed by atoms with E-state index in [9.17, 15) is 0 Å². The predicted molar refractivity (Wildman–Crippen MR) is 56.3 cm³/mol. The fourth-order valence-electron chi connectivity index (χ4n) is 1.31. The number of alkyl halides is 1. The molecule has 0 aromatic carbocycles. The van der Waals surface area contributed by atoms with Crippen molar-refractivity contribution in [2.45, 2.75) is 57.7 Å². The molecule has 0 bridgehead atoms. The van der Waals surface area contributed by atoms with Gasteiger partial charge in [0.1, 0.15) is 0 Å². The maximum Gasteiger partial charge on any atom is 0.0143 e. The summed E-state index contributed by atoms with van der Waals surface area (Å²) >= 11 is 3.66. The van der Waals surface area contributed by atoms with Crippen molar-refractivity contribution >= 4 is 15.9 Å². The van der Waals surface area contributed by atoms with Crippen LogP contribution in [0.4, 0.5) is 0 Å². The summed E-state index contributed by atoms with van der Waals surface area (Å²) in [6.45, 7) is 6.87. The van der Waals surface area contributed by atoms with Gasteiger partial charge < -0.3 is 0 Å². The standard InChI is InChI=1S/C10H21Br/c1-4-6-9(3)7-8-10(11)5-2/h9-10H,4-8H2,1-3H3. The van der Waals surface area contributed by atoms with Crippen LogP contribution in [0.1, 0.15) is 52.9 Å².